The second-order valence-electron chi connectivity index (χ2n) is 10.6. The number of sulfone groups is 1. The Morgan fingerprint density at radius 2 is 1.43 bits per heavy atom. The highest BCUT2D eigenvalue weighted by atomic mass is 32.2. The SMILES string of the molecule is Cc1ccc(S(=O)(=O)CCC(=O)c2ccc(C(=O)NCC(C)(C)COCC(C)(C)CN)cc2)cc1. The number of amides is 1. The van der Waals surface area contributed by atoms with Crippen LogP contribution in [0.2, 0.25) is 0 Å². The van der Waals surface area contributed by atoms with Crippen LogP contribution in [-0.2, 0) is 14.6 Å². The van der Waals surface area contributed by atoms with E-state index in [0.29, 0.717) is 37.4 Å². The molecule has 0 saturated carbocycles. The minimum Gasteiger partial charge on any atom is -0.380 e. The molecule has 8 heteroatoms. The van der Waals surface area contributed by atoms with Gasteiger partial charge in [0.15, 0.2) is 15.6 Å². The number of ether oxygens (including phenoxy) is 1. The van der Waals surface area contributed by atoms with Gasteiger partial charge in [0.2, 0.25) is 0 Å². The number of rotatable bonds is 13. The molecule has 192 valence electrons. The minimum atomic E-state index is -3.54. The molecule has 2 aromatic rings. The van der Waals surface area contributed by atoms with Crippen molar-refractivity contribution in [3.8, 4) is 0 Å². The van der Waals surface area contributed by atoms with Crippen molar-refractivity contribution in [3.63, 3.8) is 0 Å². The van der Waals surface area contributed by atoms with E-state index in [1.54, 1.807) is 48.5 Å². The molecule has 2 aromatic carbocycles. The summed E-state index contributed by atoms with van der Waals surface area (Å²) in [5.74, 6) is -0.802. The Bertz CT molecular complexity index is 1110. The molecular weight excluding hydrogens is 464 g/mol. The first-order valence-electron chi connectivity index (χ1n) is 11.7. The van der Waals surface area contributed by atoms with Gasteiger partial charge in [-0.15, -0.1) is 0 Å². The van der Waals surface area contributed by atoms with E-state index < -0.39 is 9.84 Å². The summed E-state index contributed by atoms with van der Waals surface area (Å²) in [5.41, 5.74) is 7.13. The van der Waals surface area contributed by atoms with Crippen molar-refractivity contribution in [1.82, 2.24) is 5.32 Å². The molecule has 35 heavy (non-hydrogen) atoms. The van der Waals surface area contributed by atoms with Crippen molar-refractivity contribution in [2.75, 3.05) is 32.1 Å². The van der Waals surface area contributed by atoms with Gasteiger partial charge in [0.1, 0.15) is 0 Å². The lowest BCUT2D eigenvalue weighted by Crippen LogP contribution is -2.38. The van der Waals surface area contributed by atoms with Crippen molar-refractivity contribution in [2.45, 2.75) is 45.9 Å². The third kappa shape index (κ3) is 9.20. The van der Waals surface area contributed by atoms with E-state index in [9.17, 15) is 18.0 Å². The van der Waals surface area contributed by atoms with Crippen LogP contribution in [0.5, 0.6) is 0 Å². The van der Waals surface area contributed by atoms with E-state index in [2.05, 4.69) is 5.32 Å². The van der Waals surface area contributed by atoms with E-state index in [4.69, 9.17) is 10.5 Å². The number of ketones is 1. The molecular formula is C27H38N2O5S. The maximum absolute atomic E-state index is 12.6. The number of hydrogen-bond donors (Lipinski definition) is 2. The molecule has 7 nitrogen and oxygen atoms in total. The van der Waals surface area contributed by atoms with Gasteiger partial charge in [-0.2, -0.15) is 0 Å². The molecule has 0 radical (unpaired) electrons. The summed E-state index contributed by atoms with van der Waals surface area (Å²) in [5, 5.41) is 2.91. The number of carbonyl (C=O) groups excluding carboxylic acids is 2. The number of Topliss-reactive ketones (excluding diaryl/α,β-unsaturated/α-hetero) is 1. The molecule has 0 bridgehead atoms. The summed E-state index contributed by atoms with van der Waals surface area (Å²) in [6, 6.07) is 12.8. The van der Waals surface area contributed by atoms with E-state index in [-0.39, 0.29) is 39.6 Å². The molecule has 0 atom stereocenters. The number of aryl methyl sites for hydroxylation is 1. The maximum Gasteiger partial charge on any atom is 0.251 e. The fourth-order valence-electron chi connectivity index (χ4n) is 3.18. The summed E-state index contributed by atoms with van der Waals surface area (Å²) in [7, 11) is -3.54. The third-order valence-electron chi connectivity index (χ3n) is 5.71. The van der Waals surface area contributed by atoms with Crippen LogP contribution in [0.15, 0.2) is 53.4 Å². The van der Waals surface area contributed by atoms with Gasteiger partial charge < -0.3 is 15.8 Å². The number of carbonyl (C=O) groups is 2. The molecule has 0 spiro atoms. The zero-order chi connectivity index (χ0) is 26.3. The number of nitrogens with one attached hydrogen (secondary N) is 1. The molecule has 0 unspecified atom stereocenters. The largest absolute Gasteiger partial charge is 0.380 e. The number of hydrogen-bond acceptors (Lipinski definition) is 6. The van der Waals surface area contributed by atoms with Crippen LogP contribution in [0.25, 0.3) is 0 Å². The van der Waals surface area contributed by atoms with Crippen LogP contribution in [0.1, 0.15) is 60.4 Å². The highest BCUT2D eigenvalue weighted by Gasteiger charge is 2.23. The lowest BCUT2D eigenvalue weighted by molar-refractivity contribution is 0.0183. The predicted molar refractivity (Wildman–Crippen MR) is 138 cm³/mol. The Kier molecular flexibility index (Phi) is 9.77. The summed E-state index contributed by atoms with van der Waals surface area (Å²) < 4.78 is 30.8. The standard InChI is InChI=1S/C27H38N2O5S/c1-20-6-12-23(13-7-20)35(32,33)15-14-24(30)21-8-10-22(11-9-21)25(31)29-17-27(4,5)19-34-18-26(2,3)16-28/h6-13H,14-19,28H2,1-5H3,(H,29,31). The van der Waals surface area contributed by atoms with Crippen LogP contribution in [-0.4, -0.2) is 52.2 Å². The lowest BCUT2D eigenvalue weighted by atomic mass is 9.93. The highest BCUT2D eigenvalue weighted by molar-refractivity contribution is 7.91. The molecule has 1 amide bonds. The fraction of sp³-hybridized carbons (Fsp3) is 0.481. The van der Waals surface area contributed by atoms with Crippen LogP contribution in [0.3, 0.4) is 0 Å². The van der Waals surface area contributed by atoms with Crippen LogP contribution >= 0.6 is 0 Å². The number of benzene rings is 2. The first-order chi connectivity index (χ1) is 16.2. The first-order valence-corrected chi connectivity index (χ1v) is 13.4. The van der Waals surface area contributed by atoms with Gasteiger partial charge >= 0.3 is 0 Å². The van der Waals surface area contributed by atoms with Crippen molar-refractivity contribution >= 4 is 21.5 Å². The van der Waals surface area contributed by atoms with E-state index in [1.165, 1.54) is 0 Å². The average Bonchev–Trinajstić information content (AvgIpc) is 2.81. The van der Waals surface area contributed by atoms with E-state index in [1.807, 2.05) is 34.6 Å². The van der Waals surface area contributed by atoms with Crippen LogP contribution < -0.4 is 11.1 Å². The van der Waals surface area contributed by atoms with Gasteiger partial charge in [0.05, 0.1) is 23.9 Å². The molecule has 0 heterocycles. The predicted octanol–water partition coefficient (Wildman–Crippen LogP) is 3.80. The second kappa shape index (κ2) is 11.9. The minimum absolute atomic E-state index is 0.0939. The van der Waals surface area contributed by atoms with Gasteiger partial charge in [0.25, 0.3) is 5.91 Å². The molecule has 2 rings (SSSR count). The second-order valence-corrected chi connectivity index (χ2v) is 12.7. The van der Waals surface area contributed by atoms with Crippen molar-refractivity contribution in [1.29, 1.82) is 0 Å². The normalized spacial score (nSPS) is 12.4. The first kappa shape index (κ1) is 28.7. The van der Waals surface area contributed by atoms with Gasteiger partial charge in [-0.3, -0.25) is 9.59 Å². The smallest absolute Gasteiger partial charge is 0.251 e. The Labute approximate surface area is 209 Å². The molecule has 0 aliphatic carbocycles. The van der Waals surface area contributed by atoms with Crippen molar-refractivity contribution in [2.24, 2.45) is 16.6 Å². The molecule has 0 saturated heterocycles. The third-order valence-corrected chi connectivity index (χ3v) is 7.44. The van der Waals surface area contributed by atoms with Crippen molar-refractivity contribution in [3.05, 3.63) is 65.2 Å². The van der Waals surface area contributed by atoms with Crippen LogP contribution in [0, 0.1) is 17.8 Å². The summed E-state index contributed by atoms with van der Waals surface area (Å²) >= 11 is 0. The van der Waals surface area contributed by atoms with Gasteiger partial charge in [-0.05, 0) is 37.7 Å². The van der Waals surface area contributed by atoms with Gasteiger partial charge in [-0.25, -0.2) is 8.42 Å². The monoisotopic (exact) mass is 502 g/mol. The Balaban J connectivity index is 1.87. The zero-order valence-electron chi connectivity index (χ0n) is 21.4. The molecule has 0 fully saturated rings. The van der Waals surface area contributed by atoms with E-state index >= 15 is 0 Å². The highest BCUT2D eigenvalue weighted by Crippen LogP contribution is 2.19. The molecule has 0 aliphatic rings. The molecule has 0 aromatic heterocycles. The Hall–Kier alpha value is -2.55. The average molecular weight is 503 g/mol. The Morgan fingerprint density at radius 3 is 2.00 bits per heavy atom. The van der Waals surface area contributed by atoms with Crippen molar-refractivity contribution < 1.29 is 22.7 Å². The van der Waals surface area contributed by atoms with Crippen LogP contribution in [0.4, 0.5) is 0 Å². The van der Waals surface area contributed by atoms with Gasteiger partial charge in [-0.1, -0.05) is 57.5 Å². The number of nitrogens with two attached hydrogens (primary N) is 1. The molecule has 0 aliphatic heterocycles. The summed E-state index contributed by atoms with van der Waals surface area (Å²) in [6.07, 6.45) is -0.128. The lowest BCUT2D eigenvalue weighted by Gasteiger charge is -2.28. The Morgan fingerprint density at radius 1 is 0.886 bits per heavy atom. The zero-order valence-corrected chi connectivity index (χ0v) is 22.2. The summed E-state index contributed by atoms with van der Waals surface area (Å²) in [4.78, 5) is 25.3. The van der Waals surface area contributed by atoms with E-state index in [0.717, 1.165) is 5.56 Å². The maximum atomic E-state index is 12.6. The topological polar surface area (TPSA) is 116 Å². The summed E-state index contributed by atoms with van der Waals surface area (Å²) in [6.45, 7) is 12.0. The molecule has 3 N–H and O–H groups in total. The van der Waals surface area contributed by atoms with Gasteiger partial charge in [0, 0.05) is 34.9 Å². The fourth-order valence-corrected chi connectivity index (χ4v) is 4.42. The quantitative estimate of drug-likeness (QED) is 0.403.